The van der Waals surface area contributed by atoms with Gasteiger partial charge in [-0.2, -0.15) is 0 Å². The van der Waals surface area contributed by atoms with Gasteiger partial charge in [0.15, 0.2) is 0 Å². The number of rotatable bonds is 8. The fraction of sp³-hybridized carbons (Fsp3) is 0.917. The Morgan fingerprint density at radius 2 is 2.00 bits per heavy atom. The third-order valence-electron chi connectivity index (χ3n) is 2.63. The Bertz CT molecular complexity index is 171. The molecule has 0 bridgehead atoms. The summed E-state index contributed by atoms with van der Waals surface area (Å²) in [5.74, 6) is 1.99. The minimum Gasteiger partial charge on any atom is -0.356 e. The highest BCUT2D eigenvalue weighted by Gasteiger charge is 2.08. The molecular weight excluding hydrogens is 210 g/mol. The van der Waals surface area contributed by atoms with E-state index in [0.29, 0.717) is 24.1 Å². The predicted octanol–water partition coefficient (Wildman–Crippen LogP) is 3.19. The SMILES string of the molecule is CCC(CCCl)CNC(=O)CCC(C)C. The lowest BCUT2D eigenvalue weighted by atomic mass is 10.0. The van der Waals surface area contributed by atoms with Gasteiger partial charge in [0.25, 0.3) is 0 Å². The Kier molecular flexibility index (Phi) is 8.88. The van der Waals surface area contributed by atoms with E-state index in [4.69, 9.17) is 11.6 Å². The third-order valence-corrected chi connectivity index (χ3v) is 2.85. The zero-order valence-corrected chi connectivity index (χ0v) is 10.9. The second-order valence-electron chi connectivity index (χ2n) is 4.49. The first kappa shape index (κ1) is 14.8. The van der Waals surface area contributed by atoms with Crippen LogP contribution in [0.5, 0.6) is 0 Å². The highest BCUT2D eigenvalue weighted by molar-refractivity contribution is 6.17. The molecule has 0 heterocycles. The van der Waals surface area contributed by atoms with Crippen LogP contribution < -0.4 is 5.32 Å². The Labute approximate surface area is 98.8 Å². The first-order chi connectivity index (χ1) is 7.10. The van der Waals surface area contributed by atoms with E-state index in [1.54, 1.807) is 0 Å². The van der Waals surface area contributed by atoms with Crippen molar-refractivity contribution in [3.8, 4) is 0 Å². The summed E-state index contributed by atoms with van der Waals surface area (Å²) in [6, 6.07) is 0. The molecule has 0 saturated heterocycles. The van der Waals surface area contributed by atoms with Gasteiger partial charge in [-0.25, -0.2) is 0 Å². The maximum atomic E-state index is 11.4. The van der Waals surface area contributed by atoms with Crippen molar-refractivity contribution in [3.63, 3.8) is 0 Å². The molecule has 1 N–H and O–H groups in total. The lowest BCUT2D eigenvalue weighted by molar-refractivity contribution is -0.121. The molecule has 0 aliphatic heterocycles. The van der Waals surface area contributed by atoms with Gasteiger partial charge in [0.1, 0.15) is 0 Å². The molecule has 0 aromatic heterocycles. The van der Waals surface area contributed by atoms with Crippen LogP contribution in [0.4, 0.5) is 0 Å². The van der Waals surface area contributed by atoms with Crippen LogP contribution in [-0.4, -0.2) is 18.3 Å². The van der Waals surface area contributed by atoms with Crippen molar-refractivity contribution < 1.29 is 4.79 Å². The zero-order chi connectivity index (χ0) is 11.7. The first-order valence-electron chi connectivity index (χ1n) is 5.92. The first-order valence-corrected chi connectivity index (χ1v) is 6.46. The number of nitrogens with one attached hydrogen (secondary N) is 1. The Morgan fingerprint density at radius 3 is 2.47 bits per heavy atom. The molecular formula is C12H24ClNO. The van der Waals surface area contributed by atoms with Gasteiger partial charge in [0.2, 0.25) is 5.91 Å². The Morgan fingerprint density at radius 1 is 1.33 bits per heavy atom. The maximum absolute atomic E-state index is 11.4. The summed E-state index contributed by atoms with van der Waals surface area (Å²) >= 11 is 5.68. The number of carbonyl (C=O) groups excluding carboxylic acids is 1. The minimum absolute atomic E-state index is 0.178. The Hall–Kier alpha value is -0.240. The fourth-order valence-electron chi connectivity index (χ4n) is 1.37. The molecule has 2 nitrogen and oxygen atoms in total. The van der Waals surface area contributed by atoms with Crippen LogP contribution in [0.3, 0.4) is 0 Å². The maximum Gasteiger partial charge on any atom is 0.220 e. The molecule has 3 heteroatoms. The number of carbonyl (C=O) groups is 1. The summed E-state index contributed by atoms with van der Waals surface area (Å²) in [5, 5.41) is 2.98. The normalized spacial score (nSPS) is 12.9. The molecule has 0 saturated carbocycles. The van der Waals surface area contributed by atoms with E-state index < -0.39 is 0 Å². The van der Waals surface area contributed by atoms with E-state index in [9.17, 15) is 4.79 Å². The van der Waals surface area contributed by atoms with Crippen LogP contribution in [0.25, 0.3) is 0 Å². The van der Waals surface area contributed by atoms with Crippen LogP contribution in [0.1, 0.15) is 46.5 Å². The molecule has 0 aliphatic carbocycles. The van der Waals surface area contributed by atoms with Gasteiger partial charge >= 0.3 is 0 Å². The van der Waals surface area contributed by atoms with Crippen LogP contribution in [0.2, 0.25) is 0 Å². The molecule has 0 radical (unpaired) electrons. The van der Waals surface area contributed by atoms with E-state index in [2.05, 4.69) is 26.1 Å². The van der Waals surface area contributed by atoms with Gasteiger partial charge in [-0.05, 0) is 24.7 Å². The second kappa shape index (κ2) is 9.02. The van der Waals surface area contributed by atoms with E-state index in [-0.39, 0.29) is 5.91 Å². The fourth-order valence-corrected chi connectivity index (χ4v) is 1.68. The second-order valence-corrected chi connectivity index (χ2v) is 4.87. The van der Waals surface area contributed by atoms with Crippen molar-refractivity contribution in [1.29, 1.82) is 0 Å². The van der Waals surface area contributed by atoms with Gasteiger partial charge in [-0.15, -0.1) is 11.6 Å². The summed E-state index contributed by atoms with van der Waals surface area (Å²) in [6.45, 7) is 7.18. The standard InChI is InChI=1S/C12H24ClNO/c1-4-11(7-8-13)9-14-12(15)6-5-10(2)3/h10-11H,4-9H2,1-3H3,(H,14,15). The molecule has 0 fully saturated rings. The zero-order valence-electron chi connectivity index (χ0n) is 10.2. The number of amides is 1. The molecule has 1 atom stereocenters. The van der Waals surface area contributed by atoms with Crippen LogP contribution in [-0.2, 0) is 4.79 Å². The van der Waals surface area contributed by atoms with Gasteiger partial charge in [-0.1, -0.05) is 27.2 Å². The number of hydrogen-bond acceptors (Lipinski definition) is 1. The van der Waals surface area contributed by atoms with Crippen molar-refractivity contribution in [2.45, 2.75) is 46.5 Å². The van der Waals surface area contributed by atoms with E-state index in [1.807, 2.05) is 0 Å². The average Bonchev–Trinajstić information content (AvgIpc) is 2.21. The van der Waals surface area contributed by atoms with E-state index >= 15 is 0 Å². The molecule has 0 spiro atoms. The lowest BCUT2D eigenvalue weighted by Gasteiger charge is -2.14. The van der Waals surface area contributed by atoms with Crippen LogP contribution >= 0.6 is 11.6 Å². The Balaban J connectivity index is 3.59. The molecule has 0 aliphatic rings. The quantitative estimate of drug-likeness (QED) is 0.641. The minimum atomic E-state index is 0.178. The predicted molar refractivity (Wildman–Crippen MR) is 66.2 cm³/mol. The van der Waals surface area contributed by atoms with Gasteiger partial charge in [0.05, 0.1) is 0 Å². The van der Waals surface area contributed by atoms with Crippen LogP contribution in [0.15, 0.2) is 0 Å². The molecule has 0 aromatic rings. The average molecular weight is 234 g/mol. The molecule has 90 valence electrons. The summed E-state index contributed by atoms with van der Waals surface area (Å²) in [4.78, 5) is 11.4. The summed E-state index contributed by atoms with van der Waals surface area (Å²) in [6.07, 6.45) is 3.69. The van der Waals surface area contributed by atoms with Gasteiger partial charge in [0, 0.05) is 18.8 Å². The summed E-state index contributed by atoms with van der Waals surface area (Å²) < 4.78 is 0. The molecule has 1 amide bonds. The van der Waals surface area contributed by atoms with Crippen molar-refractivity contribution in [2.24, 2.45) is 11.8 Å². The van der Waals surface area contributed by atoms with E-state index in [0.717, 1.165) is 25.8 Å². The van der Waals surface area contributed by atoms with Crippen molar-refractivity contribution in [2.75, 3.05) is 12.4 Å². The lowest BCUT2D eigenvalue weighted by Crippen LogP contribution is -2.29. The third kappa shape index (κ3) is 8.73. The topological polar surface area (TPSA) is 29.1 Å². The van der Waals surface area contributed by atoms with Crippen LogP contribution in [0, 0.1) is 11.8 Å². The van der Waals surface area contributed by atoms with Crippen molar-refractivity contribution in [1.82, 2.24) is 5.32 Å². The van der Waals surface area contributed by atoms with Crippen molar-refractivity contribution in [3.05, 3.63) is 0 Å². The van der Waals surface area contributed by atoms with E-state index in [1.165, 1.54) is 0 Å². The highest BCUT2D eigenvalue weighted by Crippen LogP contribution is 2.08. The largest absolute Gasteiger partial charge is 0.356 e. The number of alkyl halides is 1. The summed E-state index contributed by atoms with van der Waals surface area (Å²) in [7, 11) is 0. The number of hydrogen-bond donors (Lipinski definition) is 1. The molecule has 1 unspecified atom stereocenters. The monoisotopic (exact) mass is 233 g/mol. The smallest absolute Gasteiger partial charge is 0.220 e. The molecule has 0 rings (SSSR count). The molecule has 0 aromatic carbocycles. The highest BCUT2D eigenvalue weighted by atomic mass is 35.5. The van der Waals surface area contributed by atoms with Gasteiger partial charge in [-0.3, -0.25) is 4.79 Å². The number of halogens is 1. The summed E-state index contributed by atoms with van der Waals surface area (Å²) in [5.41, 5.74) is 0. The van der Waals surface area contributed by atoms with Crippen molar-refractivity contribution >= 4 is 17.5 Å². The van der Waals surface area contributed by atoms with Gasteiger partial charge < -0.3 is 5.32 Å². The molecule has 15 heavy (non-hydrogen) atoms.